The summed E-state index contributed by atoms with van der Waals surface area (Å²) < 4.78 is 0. The Morgan fingerprint density at radius 3 is 3.00 bits per heavy atom. The van der Waals surface area contributed by atoms with Gasteiger partial charge < -0.3 is 5.32 Å². The summed E-state index contributed by atoms with van der Waals surface area (Å²) in [6.07, 6.45) is 2.61. The molecule has 0 amide bonds. The van der Waals surface area contributed by atoms with Crippen LogP contribution in [0.2, 0.25) is 0 Å². The van der Waals surface area contributed by atoms with Gasteiger partial charge in [-0.3, -0.25) is 0 Å². The molecule has 1 aliphatic carbocycles. The van der Waals surface area contributed by atoms with Crippen LogP contribution in [0.15, 0.2) is 17.5 Å². The van der Waals surface area contributed by atoms with E-state index in [2.05, 4.69) is 36.7 Å². The normalized spacial score (nSPS) is 27.6. The molecule has 1 N–H and O–H groups in total. The Morgan fingerprint density at radius 1 is 1.64 bits per heavy atom. The number of nitrogens with one attached hydrogen (secondary N) is 1. The lowest BCUT2D eigenvalue weighted by Gasteiger charge is -2.12. The van der Waals surface area contributed by atoms with Gasteiger partial charge >= 0.3 is 0 Å². The molecule has 1 nitrogen and oxygen atoms in total. The van der Waals surface area contributed by atoms with Crippen LogP contribution in [0, 0.1) is 11.8 Å². The molecule has 1 aliphatic rings. The lowest BCUT2D eigenvalue weighted by molar-refractivity contribution is 0.517. The molecule has 14 heavy (non-hydrogen) atoms. The summed E-state index contributed by atoms with van der Waals surface area (Å²) in [5, 5.41) is 5.78. The van der Waals surface area contributed by atoms with Crippen LogP contribution in [0.3, 0.4) is 0 Å². The molecule has 1 fully saturated rings. The fourth-order valence-electron chi connectivity index (χ4n) is 1.84. The minimum atomic E-state index is 0.626. The predicted molar refractivity (Wildman–Crippen MR) is 62.8 cm³/mol. The maximum Gasteiger partial charge on any atom is 0.00871 e. The van der Waals surface area contributed by atoms with Crippen LogP contribution in [0.5, 0.6) is 0 Å². The summed E-state index contributed by atoms with van der Waals surface area (Å²) in [7, 11) is 0. The molecule has 1 saturated carbocycles. The second kappa shape index (κ2) is 4.45. The molecular weight excluding hydrogens is 190 g/mol. The third-order valence-electron chi connectivity index (χ3n) is 3.09. The van der Waals surface area contributed by atoms with Crippen molar-refractivity contribution >= 4 is 11.3 Å². The first kappa shape index (κ1) is 10.2. The summed E-state index contributed by atoms with van der Waals surface area (Å²) >= 11 is 1.86. The zero-order valence-electron chi connectivity index (χ0n) is 8.99. The quantitative estimate of drug-likeness (QED) is 0.786. The average molecular weight is 209 g/mol. The largest absolute Gasteiger partial charge is 0.314 e. The lowest BCUT2D eigenvalue weighted by atomic mass is 10.2. The van der Waals surface area contributed by atoms with E-state index in [4.69, 9.17) is 0 Å². The molecular formula is C12H19NS. The topological polar surface area (TPSA) is 12.0 Å². The molecule has 3 unspecified atom stereocenters. The van der Waals surface area contributed by atoms with E-state index >= 15 is 0 Å². The zero-order chi connectivity index (χ0) is 9.97. The highest BCUT2D eigenvalue weighted by Gasteiger charge is 2.31. The molecule has 0 aromatic carbocycles. The summed E-state index contributed by atoms with van der Waals surface area (Å²) in [6, 6.07) is 4.99. The van der Waals surface area contributed by atoms with Crippen LogP contribution >= 0.6 is 11.3 Å². The zero-order valence-corrected chi connectivity index (χ0v) is 9.81. The third-order valence-corrected chi connectivity index (χ3v) is 3.99. The highest BCUT2D eigenvalue weighted by Crippen LogP contribution is 2.36. The van der Waals surface area contributed by atoms with Crippen molar-refractivity contribution in [1.82, 2.24) is 5.32 Å². The Labute approximate surface area is 90.5 Å². The van der Waals surface area contributed by atoms with Crippen molar-refractivity contribution in [2.75, 3.05) is 6.54 Å². The van der Waals surface area contributed by atoms with Crippen LogP contribution in [-0.4, -0.2) is 12.6 Å². The van der Waals surface area contributed by atoms with E-state index in [1.807, 2.05) is 11.3 Å². The molecule has 3 atom stereocenters. The number of thiophene rings is 1. The molecule has 0 saturated heterocycles. The smallest absolute Gasteiger partial charge is 0.00871 e. The number of hydrogen-bond acceptors (Lipinski definition) is 2. The molecule has 0 radical (unpaired) electrons. The molecule has 1 aromatic heterocycles. The monoisotopic (exact) mass is 209 g/mol. The number of rotatable bonds is 5. The van der Waals surface area contributed by atoms with E-state index in [-0.39, 0.29) is 0 Å². The SMILES string of the molecule is CC(Cc1cccs1)NCC1CC1C. The van der Waals surface area contributed by atoms with Crippen molar-refractivity contribution in [2.45, 2.75) is 32.7 Å². The standard InChI is InChI=1S/C12H19NS/c1-9-6-11(9)8-13-10(2)7-12-4-3-5-14-12/h3-5,9-11,13H,6-8H2,1-2H3. The second-order valence-electron chi connectivity index (χ2n) is 4.57. The maximum absolute atomic E-state index is 3.62. The molecule has 78 valence electrons. The minimum absolute atomic E-state index is 0.626. The molecule has 2 heteroatoms. The maximum atomic E-state index is 3.62. The van der Waals surface area contributed by atoms with E-state index in [0.29, 0.717) is 6.04 Å². The van der Waals surface area contributed by atoms with Crippen LogP contribution < -0.4 is 5.32 Å². The highest BCUT2D eigenvalue weighted by molar-refractivity contribution is 7.09. The van der Waals surface area contributed by atoms with Crippen molar-refractivity contribution in [3.05, 3.63) is 22.4 Å². The molecule has 0 spiro atoms. The van der Waals surface area contributed by atoms with Crippen molar-refractivity contribution in [2.24, 2.45) is 11.8 Å². The van der Waals surface area contributed by atoms with Gasteiger partial charge in [0, 0.05) is 10.9 Å². The first-order valence-corrected chi connectivity index (χ1v) is 6.39. The van der Waals surface area contributed by atoms with Crippen molar-refractivity contribution in [3.8, 4) is 0 Å². The predicted octanol–water partition coefficient (Wildman–Crippen LogP) is 2.92. The second-order valence-corrected chi connectivity index (χ2v) is 5.60. The van der Waals surface area contributed by atoms with E-state index < -0.39 is 0 Å². The van der Waals surface area contributed by atoms with Crippen molar-refractivity contribution < 1.29 is 0 Å². The van der Waals surface area contributed by atoms with Gasteiger partial charge in [0.05, 0.1) is 0 Å². The third kappa shape index (κ3) is 2.82. The highest BCUT2D eigenvalue weighted by atomic mass is 32.1. The lowest BCUT2D eigenvalue weighted by Crippen LogP contribution is -2.29. The van der Waals surface area contributed by atoms with Crippen LogP contribution in [0.4, 0.5) is 0 Å². The van der Waals surface area contributed by atoms with Crippen LogP contribution in [0.1, 0.15) is 25.1 Å². The number of hydrogen-bond donors (Lipinski definition) is 1. The van der Waals surface area contributed by atoms with E-state index in [1.54, 1.807) is 0 Å². The van der Waals surface area contributed by atoms with Gasteiger partial charge in [-0.25, -0.2) is 0 Å². The van der Waals surface area contributed by atoms with Crippen molar-refractivity contribution in [3.63, 3.8) is 0 Å². The molecule has 0 aliphatic heterocycles. The van der Waals surface area contributed by atoms with Gasteiger partial charge in [-0.15, -0.1) is 11.3 Å². The fourth-order valence-corrected chi connectivity index (χ4v) is 2.67. The Hall–Kier alpha value is -0.340. The first-order chi connectivity index (χ1) is 6.75. The first-order valence-electron chi connectivity index (χ1n) is 5.51. The average Bonchev–Trinajstić information content (AvgIpc) is 2.65. The van der Waals surface area contributed by atoms with E-state index in [1.165, 1.54) is 24.3 Å². The van der Waals surface area contributed by atoms with Gasteiger partial charge in [0.15, 0.2) is 0 Å². The molecule has 1 aromatic rings. The van der Waals surface area contributed by atoms with E-state index in [9.17, 15) is 0 Å². The summed E-state index contributed by atoms with van der Waals surface area (Å²) in [4.78, 5) is 1.49. The van der Waals surface area contributed by atoms with Gasteiger partial charge in [0.2, 0.25) is 0 Å². The van der Waals surface area contributed by atoms with Gasteiger partial charge in [-0.1, -0.05) is 13.0 Å². The van der Waals surface area contributed by atoms with Crippen LogP contribution in [-0.2, 0) is 6.42 Å². The summed E-state index contributed by atoms with van der Waals surface area (Å²) in [5.41, 5.74) is 0. The summed E-state index contributed by atoms with van der Waals surface area (Å²) in [5.74, 6) is 1.93. The molecule has 2 rings (SSSR count). The summed E-state index contributed by atoms with van der Waals surface area (Å²) in [6.45, 7) is 5.84. The van der Waals surface area contributed by atoms with Crippen LogP contribution in [0.25, 0.3) is 0 Å². The Kier molecular flexibility index (Phi) is 3.24. The fraction of sp³-hybridized carbons (Fsp3) is 0.667. The minimum Gasteiger partial charge on any atom is -0.314 e. The Bertz CT molecular complexity index is 268. The Morgan fingerprint density at radius 2 is 2.43 bits per heavy atom. The molecule has 1 heterocycles. The van der Waals surface area contributed by atoms with Gasteiger partial charge in [-0.05, 0) is 49.6 Å². The van der Waals surface area contributed by atoms with Gasteiger partial charge in [0.1, 0.15) is 0 Å². The van der Waals surface area contributed by atoms with Gasteiger partial charge in [-0.2, -0.15) is 0 Å². The van der Waals surface area contributed by atoms with Gasteiger partial charge in [0.25, 0.3) is 0 Å². The Balaban J connectivity index is 1.66. The van der Waals surface area contributed by atoms with E-state index in [0.717, 1.165) is 11.8 Å². The van der Waals surface area contributed by atoms with Crippen molar-refractivity contribution in [1.29, 1.82) is 0 Å². The molecule has 0 bridgehead atoms.